The third-order valence-electron chi connectivity index (χ3n) is 1.79. The van der Waals surface area contributed by atoms with Gasteiger partial charge in [-0.1, -0.05) is 11.8 Å². The van der Waals surface area contributed by atoms with E-state index in [1.165, 1.54) is 6.92 Å². The van der Waals surface area contributed by atoms with E-state index in [2.05, 4.69) is 4.98 Å². The smallest absolute Gasteiger partial charge is 0.185 e. The molecule has 1 heterocycles. The predicted molar refractivity (Wildman–Crippen MR) is 54.9 cm³/mol. The highest BCUT2D eigenvalue weighted by Crippen LogP contribution is 2.19. The quantitative estimate of drug-likeness (QED) is 0.691. The lowest BCUT2D eigenvalue weighted by atomic mass is 10.1. The fourth-order valence-electron chi connectivity index (χ4n) is 1.04. The van der Waals surface area contributed by atoms with Crippen molar-refractivity contribution in [1.29, 1.82) is 0 Å². The molecule has 0 aromatic carbocycles. The minimum Gasteiger partial charge on any atom is -0.389 e. The topological polar surface area (TPSA) is 73.3 Å². The van der Waals surface area contributed by atoms with Crippen LogP contribution in [0.2, 0.25) is 0 Å². The molecule has 1 aromatic rings. The molecule has 2 atom stereocenters. The van der Waals surface area contributed by atoms with Gasteiger partial charge in [0.05, 0.1) is 6.10 Å². The summed E-state index contributed by atoms with van der Waals surface area (Å²) in [6, 6.07) is 1.69. The number of hydrogen-bond donors (Lipinski definition) is 3. The normalized spacial score (nSPS) is 15.1. The molecule has 0 aliphatic rings. The van der Waals surface area contributed by atoms with Gasteiger partial charge in [-0.25, -0.2) is 0 Å². The predicted octanol–water partition coefficient (Wildman–Crippen LogP) is 0.689. The SMILES string of the molecule is CC(=O)SCC(O)C(O)c1cc[nH]c1. The number of rotatable bonds is 4. The zero-order valence-electron chi connectivity index (χ0n) is 7.80. The molecule has 2 unspecified atom stereocenters. The summed E-state index contributed by atoms with van der Waals surface area (Å²) in [5.41, 5.74) is 0.627. The third-order valence-corrected chi connectivity index (χ3v) is 2.70. The fraction of sp³-hybridized carbons (Fsp3) is 0.444. The number of hydrogen-bond acceptors (Lipinski definition) is 4. The third kappa shape index (κ3) is 3.17. The van der Waals surface area contributed by atoms with Gasteiger partial charge in [-0.2, -0.15) is 0 Å². The Kier molecular flexibility index (Phi) is 4.19. The first-order chi connectivity index (χ1) is 6.61. The number of aromatic amines is 1. The summed E-state index contributed by atoms with van der Waals surface area (Å²) in [6.45, 7) is 1.43. The van der Waals surface area contributed by atoms with Crippen LogP contribution in [0.3, 0.4) is 0 Å². The van der Waals surface area contributed by atoms with E-state index in [0.717, 1.165) is 11.8 Å². The zero-order valence-corrected chi connectivity index (χ0v) is 8.62. The Hall–Kier alpha value is -0.780. The van der Waals surface area contributed by atoms with E-state index >= 15 is 0 Å². The lowest BCUT2D eigenvalue weighted by Crippen LogP contribution is -2.20. The second-order valence-electron chi connectivity index (χ2n) is 2.96. The molecule has 1 rings (SSSR count). The molecule has 0 saturated heterocycles. The van der Waals surface area contributed by atoms with Gasteiger partial charge in [0.1, 0.15) is 6.10 Å². The van der Waals surface area contributed by atoms with Crippen molar-refractivity contribution in [3.63, 3.8) is 0 Å². The van der Waals surface area contributed by atoms with Crippen molar-refractivity contribution in [3.8, 4) is 0 Å². The molecule has 4 nitrogen and oxygen atoms in total. The molecule has 0 saturated carbocycles. The monoisotopic (exact) mass is 215 g/mol. The highest BCUT2D eigenvalue weighted by Gasteiger charge is 2.19. The van der Waals surface area contributed by atoms with Crippen molar-refractivity contribution in [2.24, 2.45) is 0 Å². The summed E-state index contributed by atoms with van der Waals surface area (Å²) in [4.78, 5) is 13.4. The van der Waals surface area contributed by atoms with Gasteiger partial charge in [0.15, 0.2) is 5.12 Å². The van der Waals surface area contributed by atoms with Gasteiger partial charge in [-0.15, -0.1) is 0 Å². The van der Waals surface area contributed by atoms with Gasteiger partial charge in [0, 0.05) is 30.6 Å². The Morgan fingerprint density at radius 2 is 2.36 bits per heavy atom. The molecule has 0 amide bonds. The molecule has 1 aromatic heterocycles. The standard InChI is InChI=1S/C9H13NO3S/c1-6(11)14-5-8(12)9(13)7-2-3-10-4-7/h2-4,8-10,12-13H,5H2,1H3. The van der Waals surface area contributed by atoms with E-state index < -0.39 is 12.2 Å². The van der Waals surface area contributed by atoms with E-state index in [9.17, 15) is 15.0 Å². The molecule has 14 heavy (non-hydrogen) atoms. The van der Waals surface area contributed by atoms with E-state index in [4.69, 9.17) is 0 Å². The van der Waals surface area contributed by atoms with Crippen LogP contribution in [-0.2, 0) is 4.79 Å². The van der Waals surface area contributed by atoms with Crippen LogP contribution in [0.15, 0.2) is 18.5 Å². The van der Waals surface area contributed by atoms with Gasteiger partial charge in [-0.3, -0.25) is 4.79 Å². The lowest BCUT2D eigenvalue weighted by Gasteiger charge is -2.15. The summed E-state index contributed by atoms with van der Waals surface area (Å²) in [6.07, 6.45) is 1.43. The van der Waals surface area contributed by atoms with E-state index in [-0.39, 0.29) is 10.9 Å². The van der Waals surface area contributed by atoms with Gasteiger partial charge >= 0.3 is 0 Å². The Balaban J connectivity index is 2.44. The van der Waals surface area contributed by atoms with Gasteiger partial charge in [0.25, 0.3) is 0 Å². The van der Waals surface area contributed by atoms with Crippen LogP contribution in [0, 0.1) is 0 Å². The number of aliphatic hydroxyl groups is 2. The molecule has 0 bridgehead atoms. The van der Waals surface area contributed by atoms with Crippen LogP contribution >= 0.6 is 11.8 Å². The van der Waals surface area contributed by atoms with Crippen molar-refractivity contribution < 1.29 is 15.0 Å². The summed E-state index contributed by atoms with van der Waals surface area (Å²) >= 11 is 1.01. The maximum atomic E-state index is 10.6. The first kappa shape index (κ1) is 11.3. The molecule has 78 valence electrons. The van der Waals surface area contributed by atoms with Crippen molar-refractivity contribution in [2.45, 2.75) is 19.1 Å². The molecular weight excluding hydrogens is 202 g/mol. The maximum absolute atomic E-state index is 10.6. The van der Waals surface area contributed by atoms with Crippen LogP contribution < -0.4 is 0 Å². The minimum atomic E-state index is -0.937. The van der Waals surface area contributed by atoms with E-state index in [0.29, 0.717) is 5.56 Å². The molecule has 0 spiro atoms. The zero-order chi connectivity index (χ0) is 10.6. The van der Waals surface area contributed by atoms with Gasteiger partial charge < -0.3 is 15.2 Å². The average Bonchev–Trinajstić information content (AvgIpc) is 2.65. The second kappa shape index (κ2) is 5.19. The van der Waals surface area contributed by atoms with Crippen LogP contribution in [0.4, 0.5) is 0 Å². The van der Waals surface area contributed by atoms with Gasteiger partial charge in [-0.05, 0) is 6.07 Å². The largest absolute Gasteiger partial charge is 0.389 e. The molecule has 0 fully saturated rings. The summed E-state index contributed by atoms with van der Waals surface area (Å²) in [5, 5.41) is 19.0. The number of carbonyl (C=O) groups excluding carboxylic acids is 1. The van der Waals surface area contributed by atoms with E-state index in [1.54, 1.807) is 18.5 Å². The number of aromatic nitrogens is 1. The van der Waals surface area contributed by atoms with Crippen molar-refractivity contribution in [1.82, 2.24) is 4.98 Å². The molecular formula is C9H13NO3S. The van der Waals surface area contributed by atoms with Crippen LogP contribution in [-0.4, -0.2) is 32.2 Å². The summed E-state index contributed by atoms with van der Waals surface area (Å²) in [7, 11) is 0. The number of thioether (sulfide) groups is 1. The Morgan fingerprint density at radius 1 is 1.64 bits per heavy atom. The second-order valence-corrected chi connectivity index (χ2v) is 4.16. The number of nitrogens with one attached hydrogen (secondary N) is 1. The first-order valence-corrected chi connectivity index (χ1v) is 5.22. The Labute approximate surface area is 86.3 Å². The van der Waals surface area contributed by atoms with Crippen molar-refractivity contribution >= 4 is 16.9 Å². The molecule has 5 heteroatoms. The molecule has 0 radical (unpaired) electrons. The Morgan fingerprint density at radius 3 is 2.86 bits per heavy atom. The first-order valence-electron chi connectivity index (χ1n) is 4.23. The van der Waals surface area contributed by atoms with E-state index in [1.807, 2.05) is 0 Å². The maximum Gasteiger partial charge on any atom is 0.185 e. The van der Waals surface area contributed by atoms with Gasteiger partial charge in [0.2, 0.25) is 0 Å². The lowest BCUT2D eigenvalue weighted by molar-refractivity contribution is -0.109. The van der Waals surface area contributed by atoms with Crippen LogP contribution in [0.5, 0.6) is 0 Å². The number of carbonyl (C=O) groups is 1. The van der Waals surface area contributed by atoms with Crippen molar-refractivity contribution in [2.75, 3.05) is 5.75 Å². The summed E-state index contributed by atoms with van der Waals surface area (Å²) in [5.74, 6) is 0.210. The highest BCUT2D eigenvalue weighted by molar-refractivity contribution is 8.13. The fourth-order valence-corrected chi connectivity index (χ4v) is 1.62. The van der Waals surface area contributed by atoms with Crippen LogP contribution in [0.25, 0.3) is 0 Å². The summed E-state index contributed by atoms with van der Waals surface area (Å²) < 4.78 is 0. The van der Waals surface area contributed by atoms with Crippen molar-refractivity contribution in [3.05, 3.63) is 24.0 Å². The number of H-pyrrole nitrogens is 1. The van der Waals surface area contributed by atoms with Crippen LogP contribution in [0.1, 0.15) is 18.6 Å². The highest BCUT2D eigenvalue weighted by atomic mass is 32.2. The molecule has 3 N–H and O–H groups in total. The minimum absolute atomic E-state index is 0.0645. The Bertz CT molecular complexity index is 286. The average molecular weight is 215 g/mol. The number of aliphatic hydroxyl groups excluding tert-OH is 2. The molecule has 0 aliphatic heterocycles. The molecule has 0 aliphatic carbocycles.